The molecule has 2 unspecified atom stereocenters. The number of fused-ring (bicyclic) bond motifs is 1. The standard InChI is InChI=1S/C20H29BrN2/c1-18(2,3)17(22)20(23,19(4,5)6)14-10-11-15-13(12-14)8-7-9-16(15)21/h7-12,17H,22-23H2,1-6H3. The third-order valence-electron chi connectivity index (χ3n) is 4.97. The lowest BCUT2D eigenvalue weighted by Crippen LogP contribution is -2.64. The predicted octanol–water partition coefficient (Wildman–Crippen LogP) is 5.18. The van der Waals surface area contributed by atoms with Crippen LogP contribution in [0.2, 0.25) is 0 Å². The van der Waals surface area contributed by atoms with Crippen molar-refractivity contribution in [1.82, 2.24) is 0 Å². The lowest BCUT2D eigenvalue weighted by molar-refractivity contribution is 0.0901. The van der Waals surface area contributed by atoms with E-state index in [1.165, 1.54) is 10.8 Å². The van der Waals surface area contributed by atoms with Crippen molar-refractivity contribution in [2.75, 3.05) is 0 Å². The summed E-state index contributed by atoms with van der Waals surface area (Å²) < 4.78 is 1.10. The molecule has 2 aromatic rings. The molecule has 0 radical (unpaired) electrons. The number of benzene rings is 2. The topological polar surface area (TPSA) is 52.0 Å². The molecule has 0 aliphatic carbocycles. The zero-order chi connectivity index (χ0) is 17.6. The normalized spacial score (nSPS) is 17.1. The lowest BCUT2D eigenvalue weighted by Gasteiger charge is -2.51. The molecule has 0 saturated heterocycles. The molecule has 0 amide bonds. The highest BCUT2D eigenvalue weighted by molar-refractivity contribution is 9.10. The molecule has 23 heavy (non-hydrogen) atoms. The van der Waals surface area contributed by atoms with Gasteiger partial charge in [-0.3, -0.25) is 0 Å². The number of nitrogens with two attached hydrogens (primary N) is 2. The number of rotatable bonds is 2. The molecule has 0 aliphatic rings. The first kappa shape index (κ1) is 18.4. The Bertz CT molecular complexity index is 710. The number of halogens is 1. The van der Waals surface area contributed by atoms with Crippen LogP contribution >= 0.6 is 15.9 Å². The van der Waals surface area contributed by atoms with E-state index < -0.39 is 5.54 Å². The molecule has 2 nitrogen and oxygen atoms in total. The summed E-state index contributed by atoms with van der Waals surface area (Å²) in [5, 5.41) is 2.37. The average Bonchev–Trinajstić information content (AvgIpc) is 2.43. The molecule has 2 rings (SSSR count). The van der Waals surface area contributed by atoms with Crippen LogP contribution < -0.4 is 11.5 Å². The van der Waals surface area contributed by atoms with Crippen LogP contribution in [0.3, 0.4) is 0 Å². The van der Waals surface area contributed by atoms with Gasteiger partial charge in [0.2, 0.25) is 0 Å². The quantitative estimate of drug-likeness (QED) is 0.758. The Hall–Kier alpha value is -0.900. The van der Waals surface area contributed by atoms with Gasteiger partial charge in [0, 0.05) is 10.5 Å². The lowest BCUT2D eigenvalue weighted by atomic mass is 9.60. The van der Waals surface area contributed by atoms with Gasteiger partial charge in [0.25, 0.3) is 0 Å². The van der Waals surface area contributed by atoms with E-state index in [1.54, 1.807) is 0 Å². The number of hydrogen-bond acceptors (Lipinski definition) is 2. The van der Waals surface area contributed by atoms with E-state index in [9.17, 15) is 0 Å². The first-order valence-electron chi connectivity index (χ1n) is 8.12. The van der Waals surface area contributed by atoms with Crippen LogP contribution in [-0.4, -0.2) is 6.04 Å². The summed E-state index contributed by atoms with van der Waals surface area (Å²) in [5.41, 5.74) is 13.9. The minimum Gasteiger partial charge on any atom is -0.325 e. The number of hydrogen-bond donors (Lipinski definition) is 2. The molecule has 0 aliphatic heterocycles. The molecule has 4 N–H and O–H groups in total. The summed E-state index contributed by atoms with van der Waals surface area (Å²) >= 11 is 3.62. The van der Waals surface area contributed by atoms with Gasteiger partial charge in [-0.1, -0.05) is 81.7 Å². The largest absolute Gasteiger partial charge is 0.325 e. The molecule has 0 bridgehead atoms. The van der Waals surface area contributed by atoms with E-state index >= 15 is 0 Å². The Kier molecular flexibility index (Phi) is 4.71. The SMILES string of the molecule is CC(C)(C)C(N)C(N)(c1ccc2c(Br)cccc2c1)C(C)(C)C. The van der Waals surface area contributed by atoms with Crippen LogP contribution in [0, 0.1) is 10.8 Å². The molecular formula is C20H29BrN2. The van der Waals surface area contributed by atoms with Gasteiger partial charge in [-0.25, -0.2) is 0 Å². The van der Waals surface area contributed by atoms with Gasteiger partial charge in [-0.15, -0.1) is 0 Å². The molecule has 3 heteroatoms. The zero-order valence-electron chi connectivity index (χ0n) is 15.1. The van der Waals surface area contributed by atoms with Gasteiger partial charge >= 0.3 is 0 Å². The summed E-state index contributed by atoms with van der Waals surface area (Å²) in [5.74, 6) is 0. The van der Waals surface area contributed by atoms with Crippen molar-refractivity contribution in [2.45, 2.75) is 53.1 Å². The fourth-order valence-electron chi connectivity index (χ4n) is 3.26. The van der Waals surface area contributed by atoms with Crippen molar-refractivity contribution >= 4 is 26.7 Å². The van der Waals surface area contributed by atoms with Crippen molar-refractivity contribution in [3.8, 4) is 0 Å². The second-order valence-electron chi connectivity index (χ2n) is 8.64. The fourth-order valence-corrected chi connectivity index (χ4v) is 3.78. The maximum atomic E-state index is 7.02. The van der Waals surface area contributed by atoms with Crippen molar-refractivity contribution in [1.29, 1.82) is 0 Å². The van der Waals surface area contributed by atoms with Gasteiger partial charge in [-0.2, -0.15) is 0 Å². The Labute approximate surface area is 148 Å². The maximum absolute atomic E-state index is 7.02. The van der Waals surface area contributed by atoms with E-state index in [4.69, 9.17) is 11.5 Å². The van der Waals surface area contributed by atoms with Gasteiger partial charge < -0.3 is 11.5 Å². The Morgan fingerprint density at radius 1 is 0.957 bits per heavy atom. The predicted molar refractivity (Wildman–Crippen MR) is 104 cm³/mol. The zero-order valence-corrected chi connectivity index (χ0v) is 16.7. The monoisotopic (exact) mass is 376 g/mol. The second-order valence-corrected chi connectivity index (χ2v) is 9.49. The third kappa shape index (κ3) is 3.19. The van der Waals surface area contributed by atoms with E-state index in [-0.39, 0.29) is 16.9 Å². The molecule has 2 atom stereocenters. The molecule has 0 saturated carbocycles. The second kappa shape index (κ2) is 5.87. The first-order valence-corrected chi connectivity index (χ1v) is 8.91. The fraction of sp³-hybridized carbons (Fsp3) is 0.500. The highest BCUT2D eigenvalue weighted by Gasteiger charge is 2.48. The molecule has 2 aromatic carbocycles. The van der Waals surface area contributed by atoms with Crippen LogP contribution in [0.1, 0.15) is 47.1 Å². The van der Waals surface area contributed by atoms with Gasteiger partial charge in [-0.05, 0) is 39.3 Å². The van der Waals surface area contributed by atoms with E-state index in [2.05, 4.69) is 93.9 Å². The summed E-state index contributed by atoms with van der Waals surface area (Å²) in [6.07, 6.45) is 0. The van der Waals surface area contributed by atoms with Crippen molar-refractivity contribution < 1.29 is 0 Å². The molecular weight excluding hydrogens is 348 g/mol. The van der Waals surface area contributed by atoms with Gasteiger partial charge in [0.1, 0.15) is 0 Å². The molecule has 0 aromatic heterocycles. The van der Waals surface area contributed by atoms with Crippen molar-refractivity contribution in [3.63, 3.8) is 0 Å². The van der Waals surface area contributed by atoms with Crippen molar-refractivity contribution in [2.24, 2.45) is 22.3 Å². The minimum atomic E-state index is -0.623. The molecule has 0 fully saturated rings. The third-order valence-corrected chi connectivity index (χ3v) is 5.66. The van der Waals surface area contributed by atoms with Gasteiger partial charge in [0.05, 0.1) is 5.54 Å². The smallest absolute Gasteiger partial charge is 0.0617 e. The van der Waals surface area contributed by atoms with E-state index in [0.717, 1.165) is 10.0 Å². The Balaban J connectivity index is 2.70. The highest BCUT2D eigenvalue weighted by Crippen LogP contribution is 2.45. The van der Waals surface area contributed by atoms with Crippen LogP contribution in [0.25, 0.3) is 10.8 Å². The average molecular weight is 377 g/mol. The van der Waals surface area contributed by atoms with Crippen molar-refractivity contribution in [3.05, 3.63) is 46.4 Å². The summed E-state index contributed by atoms with van der Waals surface area (Å²) in [4.78, 5) is 0. The summed E-state index contributed by atoms with van der Waals surface area (Å²) in [6, 6.07) is 12.5. The Morgan fingerprint density at radius 2 is 1.57 bits per heavy atom. The van der Waals surface area contributed by atoms with Crippen LogP contribution in [0.4, 0.5) is 0 Å². The van der Waals surface area contributed by atoms with Crippen LogP contribution in [0.15, 0.2) is 40.9 Å². The summed E-state index contributed by atoms with van der Waals surface area (Å²) in [7, 11) is 0. The van der Waals surface area contributed by atoms with E-state index in [0.29, 0.717) is 0 Å². The molecule has 0 heterocycles. The first-order chi connectivity index (χ1) is 10.4. The summed E-state index contributed by atoms with van der Waals surface area (Å²) in [6.45, 7) is 13.0. The maximum Gasteiger partial charge on any atom is 0.0617 e. The highest BCUT2D eigenvalue weighted by atomic mass is 79.9. The minimum absolute atomic E-state index is 0.0890. The van der Waals surface area contributed by atoms with Crippen LogP contribution in [0.5, 0.6) is 0 Å². The molecule has 126 valence electrons. The van der Waals surface area contributed by atoms with Gasteiger partial charge in [0.15, 0.2) is 0 Å². The Morgan fingerprint density at radius 3 is 2.09 bits per heavy atom. The van der Waals surface area contributed by atoms with E-state index in [1.807, 2.05) is 0 Å². The molecule has 0 spiro atoms. The van der Waals surface area contributed by atoms with Crippen LogP contribution in [-0.2, 0) is 5.54 Å².